The van der Waals surface area contributed by atoms with Gasteiger partial charge in [-0.1, -0.05) is 12.1 Å². The highest BCUT2D eigenvalue weighted by Crippen LogP contribution is 2.25. The Kier molecular flexibility index (Phi) is 5.10. The molecule has 1 N–H and O–H groups in total. The van der Waals surface area contributed by atoms with Crippen molar-refractivity contribution in [3.63, 3.8) is 0 Å². The molecule has 1 aliphatic heterocycles. The van der Waals surface area contributed by atoms with Crippen LogP contribution in [0.4, 0.5) is 5.69 Å². The zero-order valence-electron chi connectivity index (χ0n) is 11.9. The van der Waals surface area contributed by atoms with Crippen molar-refractivity contribution in [2.45, 2.75) is 18.9 Å². The number of amides is 1. The van der Waals surface area contributed by atoms with Gasteiger partial charge in [-0.3, -0.25) is 14.9 Å². The number of hydrogen-bond acceptors (Lipinski definition) is 5. The van der Waals surface area contributed by atoms with Crippen LogP contribution in [0.25, 0.3) is 0 Å². The van der Waals surface area contributed by atoms with Crippen LogP contribution in [0.2, 0.25) is 0 Å². The summed E-state index contributed by atoms with van der Waals surface area (Å²) in [7, 11) is 2.05. The van der Waals surface area contributed by atoms with Crippen LogP contribution in [-0.4, -0.2) is 48.5 Å². The fourth-order valence-electron chi connectivity index (χ4n) is 2.30. The summed E-state index contributed by atoms with van der Waals surface area (Å²) in [4.78, 5) is 24.4. The number of nitro groups is 1. The summed E-state index contributed by atoms with van der Waals surface area (Å²) in [6.07, 6.45) is 1.82. The van der Waals surface area contributed by atoms with Crippen molar-refractivity contribution in [2.24, 2.45) is 0 Å². The van der Waals surface area contributed by atoms with E-state index in [9.17, 15) is 14.9 Å². The third-order valence-electron chi connectivity index (χ3n) is 3.50. The maximum absolute atomic E-state index is 11.8. The molecular weight excluding hydrogens is 274 g/mol. The van der Waals surface area contributed by atoms with E-state index >= 15 is 0 Å². The number of piperidine rings is 1. The molecule has 21 heavy (non-hydrogen) atoms. The zero-order valence-corrected chi connectivity index (χ0v) is 11.9. The Labute approximate surface area is 123 Å². The molecule has 7 nitrogen and oxygen atoms in total. The molecule has 0 radical (unpaired) electrons. The molecule has 0 atom stereocenters. The van der Waals surface area contributed by atoms with Gasteiger partial charge < -0.3 is 15.0 Å². The first-order valence-corrected chi connectivity index (χ1v) is 6.90. The van der Waals surface area contributed by atoms with Crippen LogP contribution in [0.15, 0.2) is 24.3 Å². The van der Waals surface area contributed by atoms with Crippen LogP contribution in [0, 0.1) is 10.1 Å². The van der Waals surface area contributed by atoms with Crippen molar-refractivity contribution >= 4 is 11.6 Å². The Morgan fingerprint density at radius 1 is 1.43 bits per heavy atom. The number of carbonyl (C=O) groups excluding carboxylic acids is 1. The number of para-hydroxylation sites is 2. The number of likely N-dealkylation sites (tertiary alicyclic amines) is 1. The van der Waals surface area contributed by atoms with E-state index in [0.717, 1.165) is 25.9 Å². The largest absolute Gasteiger partial charge is 0.477 e. The molecule has 1 aromatic rings. The molecule has 0 unspecified atom stereocenters. The van der Waals surface area contributed by atoms with Gasteiger partial charge in [0.05, 0.1) is 4.92 Å². The van der Waals surface area contributed by atoms with Gasteiger partial charge in [-0.15, -0.1) is 0 Å². The van der Waals surface area contributed by atoms with E-state index in [-0.39, 0.29) is 30.0 Å². The summed E-state index contributed by atoms with van der Waals surface area (Å²) in [5.41, 5.74) is -0.135. The lowest BCUT2D eigenvalue weighted by Crippen LogP contribution is -2.44. The normalized spacial score (nSPS) is 16.4. The molecule has 0 saturated carbocycles. The van der Waals surface area contributed by atoms with Crippen molar-refractivity contribution in [2.75, 3.05) is 26.7 Å². The Morgan fingerprint density at radius 3 is 2.76 bits per heavy atom. The molecule has 7 heteroatoms. The fourth-order valence-corrected chi connectivity index (χ4v) is 2.30. The fraction of sp³-hybridized carbons (Fsp3) is 0.500. The van der Waals surface area contributed by atoms with Crippen LogP contribution in [-0.2, 0) is 4.79 Å². The molecule has 0 aromatic heterocycles. The zero-order chi connectivity index (χ0) is 15.2. The average molecular weight is 293 g/mol. The maximum atomic E-state index is 11.8. The maximum Gasteiger partial charge on any atom is 0.310 e. The summed E-state index contributed by atoms with van der Waals surface area (Å²) >= 11 is 0. The summed E-state index contributed by atoms with van der Waals surface area (Å²) in [5.74, 6) is -0.135. The topological polar surface area (TPSA) is 84.7 Å². The van der Waals surface area contributed by atoms with Crippen LogP contribution in [0.5, 0.6) is 5.75 Å². The Morgan fingerprint density at radius 2 is 2.10 bits per heavy atom. The predicted molar refractivity (Wildman–Crippen MR) is 77.3 cm³/mol. The summed E-state index contributed by atoms with van der Waals surface area (Å²) < 4.78 is 5.26. The van der Waals surface area contributed by atoms with E-state index in [1.165, 1.54) is 12.1 Å². The monoisotopic (exact) mass is 293 g/mol. The molecule has 1 fully saturated rings. The lowest BCUT2D eigenvalue weighted by Gasteiger charge is -2.29. The number of carbonyl (C=O) groups is 1. The van der Waals surface area contributed by atoms with Crippen LogP contribution in [0.1, 0.15) is 12.8 Å². The number of hydrogen-bond donors (Lipinski definition) is 1. The SMILES string of the molecule is CN1CCC(NC(=O)COc2ccccc2[N+](=O)[O-])CC1. The highest BCUT2D eigenvalue weighted by Gasteiger charge is 2.19. The first-order valence-electron chi connectivity index (χ1n) is 6.90. The van der Waals surface area contributed by atoms with Gasteiger partial charge in [0.15, 0.2) is 12.4 Å². The molecule has 114 valence electrons. The second-order valence-corrected chi connectivity index (χ2v) is 5.16. The highest BCUT2D eigenvalue weighted by molar-refractivity contribution is 5.78. The van der Waals surface area contributed by atoms with E-state index in [2.05, 4.69) is 17.3 Å². The van der Waals surface area contributed by atoms with E-state index < -0.39 is 4.92 Å². The molecule has 0 aliphatic carbocycles. The van der Waals surface area contributed by atoms with Crippen LogP contribution >= 0.6 is 0 Å². The standard InChI is InChI=1S/C14H19N3O4/c1-16-8-6-11(7-9-16)15-14(18)10-21-13-5-3-2-4-12(13)17(19)20/h2-5,11H,6-10H2,1H3,(H,15,18). The highest BCUT2D eigenvalue weighted by atomic mass is 16.6. The molecule has 0 bridgehead atoms. The average Bonchev–Trinajstić information content (AvgIpc) is 2.48. The van der Waals surface area contributed by atoms with Gasteiger partial charge in [-0.25, -0.2) is 0 Å². The Balaban J connectivity index is 1.83. The van der Waals surface area contributed by atoms with Gasteiger partial charge in [0.2, 0.25) is 0 Å². The van der Waals surface area contributed by atoms with Crippen molar-refractivity contribution in [1.82, 2.24) is 10.2 Å². The van der Waals surface area contributed by atoms with E-state index in [4.69, 9.17) is 4.74 Å². The summed E-state index contributed by atoms with van der Waals surface area (Å²) in [5, 5.41) is 13.7. The number of nitrogens with zero attached hydrogens (tertiary/aromatic N) is 2. The molecule has 0 spiro atoms. The lowest BCUT2D eigenvalue weighted by molar-refractivity contribution is -0.385. The van der Waals surface area contributed by atoms with Crippen molar-refractivity contribution in [3.8, 4) is 5.75 Å². The number of benzene rings is 1. The third kappa shape index (κ3) is 4.42. The number of rotatable bonds is 5. The summed E-state index contributed by atoms with van der Waals surface area (Å²) in [6.45, 7) is 1.70. The predicted octanol–water partition coefficient (Wildman–Crippen LogP) is 1.18. The smallest absolute Gasteiger partial charge is 0.310 e. The molecule has 1 heterocycles. The van der Waals surface area contributed by atoms with E-state index in [1.807, 2.05) is 0 Å². The van der Waals surface area contributed by atoms with Crippen molar-refractivity contribution in [3.05, 3.63) is 34.4 Å². The van der Waals surface area contributed by atoms with E-state index in [1.54, 1.807) is 12.1 Å². The van der Waals surface area contributed by atoms with Crippen molar-refractivity contribution in [1.29, 1.82) is 0 Å². The van der Waals surface area contributed by atoms with Crippen molar-refractivity contribution < 1.29 is 14.5 Å². The number of ether oxygens (including phenoxy) is 1. The number of nitro benzene ring substituents is 1. The van der Waals surface area contributed by atoms with Gasteiger partial charge in [0.25, 0.3) is 5.91 Å². The van der Waals surface area contributed by atoms with Gasteiger partial charge >= 0.3 is 5.69 Å². The second kappa shape index (κ2) is 7.03. The first-order chi connectivity index (χ1) is 10.1. The second-order valence-electron chi connectivity index (χ2n) is 5.16. The Hall–Kier alpha value is -2.15. The molecule has 1 amide bonds. The minimum Gasteiger partial charge on any atom is -0.477 e. The quantitative estimate of drug-likeness (QED) is 0.651. The first kappa shape index (κ1) is 15.2. The Bertz CT molecular complexity index is 513. The molecular formula is C14H19N3O4. The van der Waals surface area contributed by atoms with E-state index in [0.29, 0.717) is 0 Å². The lowest BCUT2D eigenvalue weighted by atomic mass is 10.1. The minimum atomic E-state index is -0.524. The van der Waals surface area contributed by atoms with Gasteiger partial charge in [0.1, 0.15) is 0 Å². The number of nitrogens with one attached hydrogen (secondary N) is 1. The molecule has 1 aromatic carbocycles. The summed E-state index contributed by atoms with van der Waals surface area (Å²) in [6, 6.07) is 6.19. The molecule has 1 aliphatic rings. The van der Waals surface area contributed by atoms with Gasteiger partial charge in [-0.05, 0) is 39.0 Å². The molecule has 1 saturated heterocycles. The van der Waals surface area contributed by atoms with Crippen LogP contribution < -0.4 is 10.1 Å². The minimum absolute atomic E-state index is 0.112. The van der Waals surface area contributed by atoms with Gasteiger partial charge in [0, 0.05) is 12.1 Å². The molecule has 2 rings (SSSR count). The third-order valence-corrected chi connectivity index (χ3v) is 3.50. The van der Waals surface area contributed by atoms with Crippen LogP contribution in [0.3, 0.4) is 0 Å². The van der Waals surface area contributed by atoms with Gasteiger partial charge in [-0.2, -0.15) is 0 Å².